The predicted octanol–water partition coefficient (Wildman–Crippen LogP) is 1.77. The molecule has 1 N–H and O–H groups in total. The molecule has 0 aliphatic carbocycles. The first-order chi connectivity index (χ1) is 10.9. The van der Waals surface area contributed by atoms with Crippen molar-refractivity contribution in [1.29, 1.82) is 0 Å². The van der Waals surface area contributed by atoms with Gasteiger partial charge in [-0.05, 0) is 18.1 Å². The Balaban J connectivity index is 2.11. The average molecular weight is 336 g/mol. The summed E-state index contributed by atoms with van der Waals surface area (Å²) < 4.78 is 0. The van der Waals surface area contributed by atoms with Crippen LogP contribution < -0.4 is 0 Å². The second kappa shape index (κ2) is 7.59. The van der Waals surface area contributed by atoms with Crippen molar-refractivity contribution in [3.05, 3.63) is 30.1 Å². The molecule has 7 heteroatoms. The maximum Gasteiger partial charge on any atom is 0.326 e. The summed E-state index contributed by atoms with van der Waals surface area (Å²) in [5.74, 6) is -1.25. The van der Waals surface area contributed by atoms with Crippen LogP contribution in [0, 0.1) is 5.92 Å². The quantitative estimate of drug-likeness (QED) is 0.882. The van der Waals surface area contributed by atoms with Gasteiger partial charge in [0.2, 0.25) is 5.91 Å². The number of pyridine rings is 1. The maximum absolute atomic E-state index is 12.6. The van der Waals surface area contributed by atoms with E-state index >= 15 is 0 Å². The molecule has 124 valence electrons. The zero-order valence-corrected chi connectivity index (χ0v) is 14.0. The molecule has 2 heterocycles. The summed E-state index contributed by atoms with van der Waals surface area (Å²) in [5.41, 5.74) is 0.944. The molecule has 1 aromatic heterocycles. The fraction of sp³-hybridized carbons (Fsp3) is 0.500. The van der Waals surface area contributed by atoms with E-state index in [4.69, 9.17) is 0 Å². The van der Waals surface area contributed by atoms with Gasteiger partial charge in [0.25, 0.3) is 0 Å². The van der Waals surface area contributed by atoms with Crippen LogP contribution in [0.25, 0.3) is 0 Å². The highest BCUT2D eigenvalue weighted by Gasteiger charge is 2.41. The number of hydrogen-bond acceptors (Lipinski definition) is 5. The Hall–Kier alpha value is -1.89. The minimum atomic E-state index is -0.990. The molecule has 0 bridgehead atoms. The first-order valence-electron chi connectivity index (χ1n) is 7.46. The first-order valence-corrected chi connectivity index (χ1v) is 8.45. The van der Waals surface area contributed by atoms with Crippen LogP contribution in [-0.4, -0.2) is 50.3 Å². The largest absolute Gasteiger partial charge is 0.480 e. The van der Waals surface area contributed by atoms with Gasteiger partial charge in [0.1, 0.15) is 6.04 Å². The summed E-state index contributed by atoms with van der Waals surface area (Å²) in [4.78, 5) is 40.6. The molecule has 6 nitrogen and oxygen atoms in total. The van der Waals surface area contributed by atoms with Crippen LogP contribution >= 0.6 is 11.8 Å². The second-order valence-corrected chi connectivity index (χ2v) is 6.96. The normalized spacial score (nSPS) is 21.9. The number of carbonyl (C=O) groups excluding carboxylic acids is 2. The molecule has 1 amide bonds. The van der Waals surface area contributed by atoms with E-state index in [0.29, 0.717) is 18.7 Å². The van der Waals surface area contributed by atoms with E-state index in [1.165, 1.54) is 11.8 Å². The minimum absolute atomic E-state index is 0.0265. The van der Waals surface area contributed by atoms with Gasteiger partial charge in [-0.2, -0.15) is 0 Å². The van der Waals surface area contributed by atoms with Crippen molar-refractivity contribution in [3.8, 4) is 0 Å². The average Bonchev–Trinajstić information content (AvgIpc) is 2.98. The van der Waals surface area contributed by atoms with Crippen molar-refractivity contribution in [1.82, 2.24) is 9.88 Å². The van der Waals surface area contributed by atoms with Gasteiger partial charge in [0, 0.05) is 43.5 Å². The van der Waals surface area contributed by atoms with Gasteiger partial charge in [0.05, 0.1) is 0 Å². The highest BCUT2D eigenvalue weighted by Crippen LogP contribution is 2.32. The zero-order valence-electron chi connectivity index (χ0n) is 13.1. The molecule has 1 aromatic rings. The minimum Gasteiger partial charge on any atom is -0.480 e. The van der Waals surface area contributed by atoms with E-state index < -0.39 is 17.9 Å². The van der Waals surface area contributed by atoms with Crippen molar-refractivity contribution in [2.24, 2.45) is 5.92 Å². The van der Waals surface area contributed by atoms with Gasteiger partial charge < -0.3 is 10.0 Å². The van der Waals surface area contributed by atoms with Crippen LogP contribution in [0.1, 0.15) is 31.7 Å². The number of carboxylic acid groups (broad SMARTS) is 1. The molecule has 0 aromatic carbocycles. The third-order valence-electron chi connectivity index (χ3n) is 3.98. The summed E-state index contributed by atoms with van der Waals surface area (Å²) in [6, 6.07) is 2.89. The van der Waals surface area contributed by atoms with Crippen LogP contribution in [-0.2, 0) is 14.4 Å². The molecule has 1 aliphatic rings. The summed E-state index contributed by atoms with van der Waals surface area (Å²) in [6.45, 7) is 3.56. The number of thioether (sulfide) groups is 1. The van der Waals surface area contributed by atoms with Gasteiger partial charge in [-0.25, -0.2) is 4.79 Å². The highest BCUT2D eigenvalue weighted by atomic mass is 32.2. The number of aliphatic carboxylic acids is 1. The molecule has 1 aliphatic heterocycles. The Kier molecular flexibility index (Phi) is 5.76. The Morgan fingerprint density at radius 2 is 2.22 bits per heavy atom. The highest BCUT2D eigenvalue weighted by molar-refractivity contribution is 8.13. The third kappa shape index (κ3) is 4.31. The molecule has 1 saturated heterocycles. The number of hydrogen-bond donors (Lipinski definition) is 1. The Morgan fingerprint density at radius 1 is 1.48 bits per heavy atom. The van der Waals surface area contributed by atoms with Crippen LogP contribution in [0.3, 0.4) is 0 Å². The predicted molar refractivity (Wildman–Crippen MR) is 87.0 cm³/mol. The van der Waals surface area contributed by atoms with Crippen LogP contribution in [0.5, 0.6) is 0 Å². The number of amides is 1. The molecule has 2 rings (SSSR count). The van der Waals surface area contributed by atoms with Crippen LogP contribution in [0.4, 0.5) is 0 Å². The second-order valence-electron chi connectivity index (χ2n) is 5.77. The standard InChI is InChI=1S/C16H20N2O4S/c1-10(9-23-11(2)19)15(20)18-8-13(6-14(18)16(21)22)12-4-3-5-17-7-12/h3-5,7,10,13-14H,6,8-9H2,1-2H3,(H,21,22)/t10?,13?,14-/m0/s1. The van der Waals surface area contributed by atoms with Gasteiger partial charge >= 0.3 is 5.97 Å². The fourth-order valence-corrected chi connectivity index (χ4v) is 3.40. The Morgan fingerprint density at radius 3 is 2.78 bits per heavy atom. The molecule has 2 unspecified atom stereocenters. The molecule has 23 heavy (non-hydrogen) atoms. The van der Waals surface area contributed by atoms with Crippen molar-refractivity contribution < 1.29 is 19.5 Å². The van der Waals surface area contributed by atoms with Crippen LogP contribution in [0.2, 0.25) is 0 Å². The smallest absolute Gasteiger partial charge is 0.326 e. The molecule has 0 spiro atoms. The molecule has 0 saturated carbocycles. The van der Waals surface area contributed by atoms with Crippen molar-refractivity contribution in [2.75, 3.05) is 12.3 Å². The van der Waals surface area contributed by atoms with Crippen molar-refractivity contribution >= 4 is 28.8 Å². The third-order valence-corrected chi connectivity index (χ3v) is 5.06. The number of likely N-dealkylation sites (tertiary alicyclic amines) is 1. The zero-order chi connectivity index (χ0) is 17.0. The maximum atomic E-state index is 12.6. The molecule has 3 atom stereocenters. The number of rotatable bonds is 5. The topological polar surface area (TPSA) is 87.6 Å². The van der Waals surface area contributed by atoms with E-state index in [0.717, 1.165) is 17.3 Å². The summed E-state index contributed by atoms with van der Waals surface area (Å²) in [5, 5.41) is 9.38. The van der Waals surface area contributed by atoms with Crippen molar-refractivity contribution in [3.63, 3.8) is 0 Å². The van der Waals surface area contributed by atoms with Crippen LogP contribution in [0.15, 0.2) is 24.5 Å². The van der Waals surface area contributed by atoms with Gasteiger partial charge in [-0.1, -0.05) is 24.8 Å². The Labute approximate surface area is 139 Å². The lowest BCUT2D eigenvalue weighted by atomic mass is 9.98. The molecular weight excluding hydrogens is 316 g/mol. The van der Waals surface area contributed by atoms with E-state index in [1.807, 2.05) is 12.1 Å². The molecular formula is C16H20N2O4S. The van der Waals surface area contributed by atoms with Gasteiger partial charge in [-0.15, -0.1) is 0 Å². The SMILES string of the molecule is CC(=O)SCC(C)C(=O)N1CC(c2cccnc2)C[C@H]1C(=O)O. The molecule has 0 radical (unpaired) electrons. The lowest BCUT2D eigenvalue weighted by molar-refractivity contribution is -0.149. The lowest BCUT2D eigenvalue weighted by Crippen LogP contribution is -2.43. The van der Waals surface area contributed by atoms with Gasteiger partial charge in [-0.3, -0.25) is 14.6 Å². The lowest BCUT2D eigenvalue weighted by Gasteiger charge is -2.24. The summed E-state index contributed by atoms with van der Waals surface area (Å²) in [7, 11) is 0. The van der Waals surface area contributed by atoms with E-state index in [9.17, 15) is 19.5 Å². The monoisotopic (exact) mass is 336 g/mol. The Bertz CT molecular complexity index is 593. The number of aromatic nitrogens is 1. The summed E-state index contributed by atoms with van der Waals surface area (Å²) in [6.07, 6.45) is 3.77. The fourth-order valence-electron chi connectivity index (χ4n) is 2.77. The number of carbonyl (C=O) groups is 3. The van der Waals surface area contributed by atoms with Crippen molar-refractivity contribution in [2.45, 2.75) is 32.2 Å². The van der Waals surface area contributed by atoms with E-state index in [2.05, 4.69) is 4.98 Å². The van der Waals surface area contributed by atoms with Gasteiger partial charge in [0.15, 0.2) is 5.12 Å². The van der Waals surface area contributed by atoms with E-state index in [-0.39, 0.29) is 16.9 Å². The molecule has 1 fully saturated rings. The number of nitrogens with zero attached hydrogens (tertiary/aromatic N) is 2. The summed E-state index contributed by atoms with van der Waals surface area (Å²) >= 11 is 1.09. The number of carboxylic acids is 1. The first kappa shape index (κ1) is 17.5. The van der Waals surface area contributed by atoms with E-state index in [1.54, 1.807) is 19.3 Å².